The molecule has 3 heterocycles. The van der Waals surface area contributed by atoms with Gasteiger partial charge in [0.25, 0.3) is 5.91 Å². The van der Waals surface area contributed by atoms with Gasteiger partial charge in [0, 0.05) is 18.7 Å². The van der Waals surface area contributed by atoms with Crippen LogP contribution in [0.3, 0.4) is 0 Å². The number of fused-ring (bicyclic) bond motifs is 1. The zero-order chi connectivity index (χ0) is 22.1. The van der Waals surface area contributed by atoms with Crippen LogP contribution in [0, 0.1) is 13.8 Å². The summed E-state index contributed by atoms with van der Waals surface area (Å²) in [5, 5.41) is 3.96. The van der Waals surface area contributed by atoms with Gasteiger partial charge in [0.15, 0.2) is 0 Å². The van der Waals surface area contributed by atoms with Crippen molar-refractivity contribution < 1.29 is 14.3 Å². The van der Waals surface area contributed by atoms with E-state index in [1.165, 1.54) is 17.8 Å². The van der Waals surface area contributed by atoms with Crippen molar-refractivity contribution in [2.24, 2.45) is 0 Å². The van der Waals surface area contributed by atoms with Crippen molar-refractivity contribution in [3.05, 3.63) is 34.5 Å². The Balaban J connectivity index is 1.73. The Morgan fingerprint density at radius 3 is 2.71 bits per heavy atom. The van der Waals surface area contributed by atoms with Gasteiger partial charge < -0.3 is 19.7 Å². The summed E-state index contributed by atoms with van der Waals surface area (Å²) >= 11 is 1.41. The highest BCUT2D eigenvalue weighted by molar-refractivity contribution is 7.20. The van der Waals surface area contributed by atoms with Gasteiger partial charge in [-0.15, -0.1) is 11.3 Å². The normalized spacial score (nSPS) is 16.4. The Morgan fingerprint density at radius 1 is 1.19 bits per heavy atom. The van der Waals surface area contributed by atoms with Gasteiger partial charge >= 0.3 is 0 Å². The van der Waals surface area contributed by atoms with Crippen molar-refractivity contribution in [1.29, 1.82) is 0 Å². The molecule has 1 fully saturated rings. The fourth-order valence-corrected chi connectivity index (χ4v) is 5.26. The number of amides is 1. The number of hydrogen-bond donors (Lipinski definition) is 1. The third-order valence-corrected chi connectivity index (χ3v) is 7.01. The first-order valence-electron chi connectivity index (χ1n) is 10.5. The molecule has 8 heteroatoms. The largest absolute Gasteiger partial charge is 0.497 e. The number of piperidine rings is 1. The summed E-state index contributed by atoms with van der Waals surface area (Å²) in [6.45, 7) is 7.12. The minimum Gasteiger partial charge on any atom is -0.497 e. The second-order valence-corrected chi connectivity index (χ2v) is 8.89. The molecule has 1 atom stereocenters. The molecule has 0 bridgehead atoms. The molecule has 31 heavy (non-hydrogen) atoms. The third-order valence-electron chi connectivity index (χ3n) is 5.82. The second kappa shape index (κ2) is 8.70. The van der Waals surface area contributed by atoms with Gasteiger partial charge in [-0.1, -0.05) is 0 Å². The lowest BCUT2D eigenvalue weighted by Gasteiger charge is -2.35. The van der Waals surface area contributed by atoms with Crippen LogP contribution >= 0.6 is 11.3 Å². The fourth-order valence-electron chi connectivity index (χ4n) is 4.14. The molecule has 4 rings (SSSR count). The summed E-state index contributed by atoms with van der Waals surface area (Å²) in [7, 11) is 3.16. The van der Waals surface area contributed by atoms with Gasteiger partial charge in [0.2, 0.25) is 0 Å². The van der Waals surface area contributed by atoms with E-state index in [9.17, 15) is 4.79 Å². The predicted molar refractivity (Wildman–Crippen MR) is 125 cm³/mol. The molecular formula is C23H28N4O3S. The lowest BCUT2D eigenvalue weighted by molar-refractivity contribution is 0.102. The predicted octanol–water partition coefficient (Wildman–Crippen LogP) is 4.96. The van der Waals surface area contributed by atoms with E-state index < -0.39 is 0 Å². The first kappa shape index (κ1) is 21.4. The standard InChI is InChI=1S/C23H28N4O3S/c1-13-8-6-7-11-27(13)21-19-14(2)20(31-23(19)25-15(3)24-21)22(28)26-17-10-9-16(29-4)12-18(17)30-5/h9-10,12-13H,6-8,11H2,1-5H3,(H,26,28). The highest BCUT2D eigenvalue weighted by Gasteiger charge is 2.26. The van der Waals surface area contributed by atoms with E-state index in [1.54, 1.807) is 32.4 Å². The van der Waals surface area contributed by atoms with Crippen LogP contribution in [0.25, 0.3) is 10.2 Å². The Hall–Kier alpha value is -2.87. The molecule has 0 radical (unpaired) electrons. The van der Waals surface area contributed by atoms with Crippen LogP contribution in [0.5, 0.6) is 11.5 Å². The molecule has 3 aromatic rings. The molecule has 1 N–H and O–H groups in total. The van der Waals surface area contributed by atoms with Gasteiger partial charge in [-0.2, -0.15) is 0 Å². The van der Waals surface area contributed by atoms with Gasteiger partial charge in [-0.3, -0.25) is 4.79 Å². The van der Waals surface area contributed by atoms with Crippen molar-refractivity contribution in [3.63, 3.8) is 0 Å². The first-order chi connectivity index (χ1) is 14.9. The van der Waals surface area contributed by atoms with Gasteiger partial charge in [0.1, 0.15) is 28.0 Å². The highest BCUT2D eigenvalue weighted by Crippen LogP contribution is 2.38. The van der Waals surface area contributed by atoms with E-state index >= 15 is 0 Å². The number of hydrogen-bond acceptors (Lipinski definition) is 7. The summed E-state index contributed by atoms with van der Waals surface area (Å²) in [6.07, 6.45) is 3.55. The van der Waals surface area contributed by atoms with Crippen molar-refractivity contribution in [3.8, 4) is 11.5 Å². The Bertz CT molecular complexity index is 1130. The average Bonchev–Trinajstić information content (AvgIpc) is 3.10. The Morgan fingerprint density at radius 2 is 2.00 bits per heavy atom. The van der Waals surface area contributed by atoms with Crippen LogP contribution in [0.1, 0.15) is 47.2 Å². The molecule has 1 amide bonds. The van der Waals surface area contributed by atoms with Gasteiger partial charge in [-0.25, -0.2) is 9.97 Å². The smallest absolute Gasteiger partial charge is 0.266 e. The zero-order valence-electron chi connectivity index (χ0n) is 18.6. The monoisotopic (exact) mass is 440 g/mol. The van der Waals surface area contributed by atoms with Crippen molar-refractivity contribution in [2.45, 2.75) is 46.1 Å². The van der Waals surface area contributed by atoms with Crippen molar-refractivity contribution in [1.82, 2.24) is 9.97 Å². The van der Waals surface area contributed by atoms with E-state index in [4.69, 9.17) is 14.5 Å². The number of aryl methyl sites for hydroxylation is 2. The van der Waals surface area contributed by atoms with E-state index in [2.05, 4.69) is 22.1 Å². The van der Waals surface area contributed by atoms with Crippen LogP contribution in [-0.4, -0.2) is 42.7 Å². The van der Waals surface area contributed by atoms with Crippen molar-refractivity contribution >= 4 is 39.0 Å². The molecule has 1 aromatic carbocycles. The number of nitrogens with zero attached hydrogens (tertiary/aromatic N) is 3. The number of nitrogens with one attached hydrogen (secondary N) is 1. The number of aromatic nitrogens is 2. The van der Waals surface area contributed by atoms with Crippen LogP contribution in [0.2, 0.25) is 0 Å². The maximum Gasteiger partial charge on any atom is 0.266 e. The number of methoxy groups -OCH3 is 2. The van der Waals surface area contributed by atoms with Gasteiger partial charge in [-0.05, 0) is 57.7 Å². The van der Waals surface area contributed by atoms with Crippen LogP contribution in [0.4, 0.5) is 11.5 Å². The molecule has 2 aromatic heterocycles. The quantitative estimate of drug-likeness (QED) is 0.605. The van der Waals surface area contributed by atoms with E-state index in [0.29, 0.717) is 28.1 Å². The number of carbonyl (C=O) groups excluding carboxylic acids is 1. The summed E-state index contributed by atoms with van der Waals surface area (Å²) in [4.78, 5) is 26.5. The Kier molecular flexibility index (Phi) is 6.00. The molecule has 0 aliphatic carbocycles. The van der Waals surface area contributed by atoms with Crippen LogP contribution in [-0.2, 0) is 0 Å². The lowest BCUT2D eigenvalue weighted by Crippen LogP contribution is -2.38. The van der Waals surface area contributed by atoms with E-state index in [0.717, 1.165) is 46.8 Å². The molecule has 1 aliphatic heterocycles. The summed E-state index contributed by atoms with van der Waals surface area (Å²) in [6, 6.07) is 5.74. The topological polar surface area (TPSA) is 76.6 Å². The number of anilines is 2. The molecule has 0 spiro atoms. The summed E-state index contributed by atoms with van der Waals surface area (Å²) < 4.78 is 10.7. The molecule has 1 aliphatic rings. The minimum absolute atomic E-state index is 0.181. The summed E-state index contributed by atoms with van der Waals surface area (Å²) in [5.41, 5.74) is 1.51. The molecule has 164 valence electrons. The molecular weight excluding hydrogens is 412 g/mol. The number of ether oxygens (including phenoxy) is 2. The SMILES string of the molecule is COc1ccc(NC(=O)c2sc3nc(C)nc(N4CCCCC4C)c3c2C)c(OC)c1. The second-order valence-electron chi connectivity index (χ2n) is 7.89. The van der Waals surface area contributed by atoms with Crippen LogP contribution < -0.4 is 19.7 Å². The Labute approximate surface area is 186 Å². The highest BCUT2D eigenvalue weighted by atomic mass is 32.1. The maximum absolute atomic E-state index is 13.2. The van der Waals surface area contributed by atoms with Crippen LogP contribution in [0.15, 0.2) is 18.2 Å². The summed E-state index contributed by atoms with van der Waals surface area (Å²) in [5.74, 6) is 2.71. The molecule has 1 unspecified atom stereocenters. The maximum atomic E-state index is 13.2. The molecule has 7 nitrogen and oxygen atoms in total. The number of benzene rings is 1. The number of thiophene rings is 1. The average molecular weight is 441 g/mol. The number of rotatable bonds is 5. The lowest BCUT2D eigenvalue weighted by atomic mass is 10.0. The van der Waals surface area contributed by atoms with E-state index in [1.807, 2.05) is 13.8 Å². The van der Waals surface area contributed by atoms with E-state index in [-0.39, 0.29) is 5.91 Å². The molecule has 1 saturated heterocycles. The minimum atomic E-state index is -0.181. The fraction of sp³-hybridized carbons (Fsp3) is 0.435. The zero-order valence-corrected chi connectivity index (χ0v) is 19.4. The van der Waals surface area contributed by atoms with Gasteiger partial charge in [0.05, 0.1) is 30.2 Å². The number of carbonyl (C=O) groups is 1. The third kappa shape index (κ3) is 4.04. The van der Waals surface area contributed by atoms with Crippen molar-refractivity contribution in [2.75, 3.05) is 31.0 Å². The molecule has 0 saturated carbocycles. The first-order valence-corrected chi connectivity index (χ1v) is 11.3.